The lowest BCUT2D eigenvalue weighted by atomic mass is 9.81. The molecule has 0 atom stereocenters. The highest BCUT2D eigenvalue weighted by Crippen LogP contribution is 2.34. The molecular formula is C14H20N4O. The second-order valence-corrected chi connectivity index (χ2v) is 5.24. The molecule has 1 aromatic heterocycles. The van der Waals surface area contributed by atoms with Crippen LogP contribution in [0.15, 0.2) is 12.3 Å². The van der Waals surface area contributed by atoms with Crippen LogP contribution in [0.3, 0.4) is 0 Å². The topological polar surface area (TPSA) is 70.7 Å². The predicted octanol–water partition coefficient (Wildman–Crippen LogP) is 1.90. The standard InChI is InChI=1S/C14H20N4O/c1-18-12(6-9-17-18)10-16-13(19)14(11-15)7-4-2-3-5-8-14/h6,9H,2-5,7-8,10H2,1H3,(H,16,19). The van der Waals surface area contributed by atoms with Gasteiger partial charge in [0.2, 0.25) is 5.91 Å². The molecule has 0 unspecified atom stereocenters. The molecule has 1 amide bonds. The summed E-state index contributed by atoms with van der Waals surface area (Å²) in [7, 11) is 1.84. The summed E-state index contributed by atoms with van der Waals surface area (Å²) >= 11 is 0. The summed E-state index contributed by atoms with van der Waals surface area (Å²) in [4.78, 5) is 12.3. The first-order valence-corrected chi connectivity index (χ1v) is 6.84. The minimum absolute atomic E-state index is 0.127. The fraction of sp³-hybridized carbons (Fsp3) is 0.643. The number of aryl methyl sites for hydroxylation is 1. The zero-order valence-corrected chi connectivity index (χ0v) is 11.4. The van der Waals surface area contributed by atoms with Crippen molar-refractivity contribution in [2.45, 2.75) is 45.1 Å². The average molecular weight is 260 g/mol. The van der Waals surface area contributed by atoms with Crippen LogP contribution in [0.25, 0.3) is 0 Å². The van der Waals surface area contributed by atoms with Gasteiger partial charge in [-0.3, -0.25) is 9.48 Å². The molecule has 0 radical (unpaired) electrons. The van der Waals surface area contributed by atoms with Crippen molar-refractivity contribution in [1.29, 1.82) is 5.26 Å². The van der Waals surface area contributed by atoms with Gasteiger partial charge in [-0.15, -0.1) is 0 Å². The van der Waals surface area contributed by atoms with E-state index in [1.54, 1.807) is 10.9 Å². The van der Waals surface area contributed by atoms with Gasteiger partial charge in [-0.1, -0.05) is 25.7 Å². The first-order valence-electron chi connectivity index (χ1n) is 6.84. The minimum atomic E-state index is -0.824. The van der Waals surface area contributed by atoms with Gasteiger partial charge in [0, 0.05) is 13.2 Å². The summed E-state index contributed by atoms with van der Waals surface area (Å²) in [6.45, 7) is 0.429. The quantitative estimate of drug-likeness (QED) is 0.844. The Hall–Kier alpha value is -1.83. The average Bonchev–Trinajstić information content (AvgIpc) is 2.68. The van der Waals surface area contributed by atoms with E-state index in [0.717, 1.165) is 31.4 Å². The molecule has 1 aliphatic carbocycles. The second kappa shape index (κ2) is 5.87. The zero-order chi connectivity index (χ0) is 13.7. The Morgan fingerprint density at radius 3 is 2.68 bits per heavy atom. The van der Waals surface area contributed by atoms with Crippen molar-refractivity contribution in [1.82, 2.24) is 15.1 Å². The van der Waals surface area contributed by atoms with E-state index in [-0.39, 0.29) is 5.91 Å². The molecule has 5 heteroatoms. The van der Waals surface area contributed by atoms with E-state index in [1.807, 2.05) is 13.1 Å². The fourth-order valence-corrected chi connectivity index (χ4v) is 2.64. The van der Waals surface area contributed by atoms with Crippen LogP contribution in [0.5, 0.6) is 0 Å². The van der Waals surface area contributed by atoms with E-state index in [9.17, 15) is 10.1 Å². The third-order valence-corrected chi connectivity index (χ3v) is 3.96. The van der Waals surface area contributed by atoms with Crippen LogP contribution in [-0.4, -0.2) is 15.7 Å². The van der Waals surface area contributed by atoms with Crippen molar-refractivity contribution < 1.29 is 4.79 Å². The highest BCUT2D eigenvalue weighted by Gasteiger charge is 2.38. The molecule has 0 aromatic carbocycles. The van der Waals surface area contributed by atoms with Crippen LogP contribution >= 0.6 is 0 Å². The first kappa shape index (κ1) is 13.6. The van der Waals surface area contributed by atoms with Gasteiger partial charge in [0.15, 0.2) is 0 Å². The number of nitriles is 1. The van der Waals surface area contributed by atoms with Crippen molar-refractivity contribution in [3.63, 3.8) is 0 Å². The molecule has 102 valence electrons. The van der Waals surface area contributed by atoms with E-state index in [0.29, 0.717) is 19.4 Å². The van der Waals surface area contributed by atoms with Gasteiger partial charge in [0.05, 0.1) is 18.3 Å². The summed E-state index contributed by atoms with van der Waals surface area (Å²) in [5, 5.41) is 16.4. The fourth-order valence-electron chi connectivity index (χ4n) is 2.64. The molecule has 0 saturated heterocycles. The Kier molecular flexibility index (Phi) is 4.20. The van der Waals surface area contributed by atoms with Crippen LogP contribution < -0.4 is 5.32 Å². The maximum Gasteiger partial charge on any atom is 0.240 e. The number of carbonyl (C=O) groups is 1. The molecular weight excluding hydrogens is 240 g/mol. The lowest BCUT2D eigenvalue weighted by molar-refractivity contribution is -0.129. The van der Waals surface area contributed by atoms with Crippen molar-refractivity contribution in [2.75, 3.05) is 0 Å². The predicted molar refractivity (Wildman–Crippen MR) is 70.8 cm³/mol. The van der Waals surface area contributed by atoms with Crippen molar-refractivity contribution in [3.05, 3.63) is 18.0 Å². The summed E-state index contributed by atoms with van der Waals surface area (Å²) in [6, 6.07) is 4.13. The highest BCUT2D eigenvalue weighted by molar-refractivity contribution is 5.85. The number of nitrogens with zero attached hydrogens (tertiary/aromatic N) is 3. The Bertz CT molecular complexity index is 478. The zero-order valence-electron chi connectivity index (χ0n) is 11.4. The Labute approximate surface area is 113 Å². The maximum absolute atomic E-state index is 12.3. The molecule has 5 nitrogen and oxygen atoms in total. The lowest BCUT2D eigenvalue weighted by Crippen LogP contribution is -2.39. The highest BCUT2D eigenvalue weighted by atomic mass is 16.2. The van der Waals surface area contributed by atoms with E-state index in [2.05, 4.69) is 16.5 Å². The number of hydrogen-bond donors (Lipinski definition) is 1. The van der Waals surface area contributed by atoms with Gasteiger partial charge in [-0.05, 0) is 18.9 Å². The normalized spacial score (nSPS) is 18.3. The van der Waals surface area contributed by atoms with Crippen LogP contribution in [-0.2, 0) is 18.4 Å². The van der Waals surface area contributed by atoms with Gasteiger partial charge in [-0.25, -0.2) is 0 Å². The molecule has 0 aliphatic heterocycles. The number of hydrogen-bond acceptors (Lipinski definition) is 3. The number of nitrogens with one attached hydrogen (secondary N) is 1. The molecule has 19 heavy (non-hydrogen) atoms. The number of aromatic nitrogens is 2. The van der Waals surface area contributed by atoms with Gasteiger partial charge in [0.25, 0.3) is 0 Å². The Balaban J connectivity index is 2.01. The monoisotopic (exact) mass is 260 g/mol. The number of carbonyl (C=O) groups excluding carboxylic acids is 1. The summed E-state index contributed by atoms with van der Waals surface area (Å²) in [5.41, 5.74) is 0.116. The Morgan fingerprint density at radius 1 is 1.47 bits per heavy atom. The van der Waals surface area contributed by atoms with Crippen LogP contribution in [0, 0.1) is 16.7 Å². The van der Waals surface area contributed by atoms with Gasteiger partial charge < -0.3 is 5.32 Å². The third kappa shape index (κ3) is 2.95. The lowest BCUT2D eigenvalue weighted by Gasteiger charge is -2.23. The first-order chi connectivity index (χ1) is 9.18. The van der Waals surface area contributed by atoms with E-state index < -0.39 is 5.41 Å². The molecule has 0 spiro atoms. The largest absolute Gasteiger partial charge is 0.349 e. The Morgan fingerprint density at radius 2 is 2.16 bits per heavy atom. The second-order valence-electron chi connectivity index (χ2n) is 5.24. The van der Waals surface area contributed by atoms with E-state index >= 15 is 0 Å². The van der Waals surface area contributed by atoms with Crippen molar-refractivity contribution in [2.24, 2.45) is 12.5 Å². The maximum atomic E-state index is 12.3. The third-order valence-electron chi connectivity index (χ3n) is 3.96. The van der Waals surface area contributed by atoms with E-state index in [4.69, 9.17) is 0 Å². The van der Waals surface area contributed by atoms with Crippen molar-refractivity contribution >= 4 is 5.91 Å². The SMILES string of the molecule is Cn1nccc1CNC(=O)C1(C#N)CCCCCC1. The smallest absolute Gasteiger partial charge is 0.240 e. The van der Waals surface area contributed by atoms with Gasteiger partial charge in [0.1, 0.15) is 5.41 Å². The molecule has 0 bridgehead atoms. The molecule has 1 fully saturated rings. The molecule has 1 aliphatic rings. The molecule has 1 saturated carbocycles. The summed E-state index contributed by atoms with van der Waals surface area (Å²) < 4.78 is 1.73. The van der Waals surface area contributed by atoms with Crippen molar-refractivity contribution in [3.8, 4) is 6.07 Å². The van der Waals surface area contributed by atoms with Crippen LogP contribution in [0.1, 0.15) is 44.2 Å². The molecule has 1 N–H and O–H groups in total. The molecule has 1 aromatic rings. The van der Waals surface area contributed by atoms with Crippen LogP contribution in [0.4, 0.5) is 0 Å². The molecule has 2 rings (SSSR count). The number of amides is 1. The molecule has 1 heterocycles. The van der Waals surface area contributed by atoms with Gasteiger partial charge >= 0.3 is 0 Å². The van der Waals surface area contributed by atoms with Gasteiger partial charge in [-0.2, -0.15) is 10.4 Å². The summed E-state index contributed by atoms with van der Waals surface area (Å²) in [5.74, 6) is -0.127. The summed E-state index contributed by atoms with van der Waals surface area (Å²) in [6.07, 6.45) is 7.24. The minimum Gasteiger partial charge on any atom is -0.349 e. The number of rotatable bonds is 3. The van der Waals surface area contributed by atoms with E-state index in [1.165, 1.54) is 0 Å². The van der Waals surface area contributed by atoms with Crippen LogP contribution in [0.2, 0.25) is 0 Å².